The Bertz CT molecular complexity index is 1590. The van der Waals surface area contributed by atoms with Crippen LogP contribution in [0.1, 0.15) is 33.4 Å². The van der Waals surface area contributed by atoms with Crippen molar-refractivity contribution >= 4 is 31.5 Å². The van der Waals surface area contributed by atoms with E-state index in [9.17, 15) is 14.3 Å². The van der Waals surface area contributed by atoms with Gasteiger partial charge in [0.25, 0.3) is 0 Å². The van der Waals surface area contributed by atoms with Gasteiger partial charge in [-0.05, 0) is 48.5 Å². The lowest BCUT2D eigenvalue weighted by Crippen LogP contribution is -2.62. The summed E-state index contributed by atoms with van der Waals surface area (Å²) in [5.74, 6) is -2.65. The van der Waals surface area contributed by atoms with Gasteiger partial charge in [0.05, 0.1) is 60.7 Å². The molecule has 0 bridgehead atoms. The summed E-state index contributed by atoms with van der Waals surface area (Å²) in [6, 6.07) is 6.36. The Morgan fingerprint density at radius 1 is 1.06 bits per heavy atom. The molecule has 2 aliphatic rings. The van der Waals surface area contributed by atoms with Crippen LogP contribution < -0.4 is 20.4 Å². The molecule has 2 aromatic heterocycles. The van der Waals surface area contributed by atoms with Crippen molar-refractivity contribution < 1.29 is 32.2 Å². The maximum absolute atomic E-state index is 15.3. The molecule has 260 valence electrons. The van der Waals surface area contributed by atoms with E-state index in [1.165, 1.54) is 18.2 Å². The Morgan fingerprint density at radius 3 is 2.40 bits per heavy atom. The molecule has 0 unspecified atom stereocenters. The van der Waals surface area contributed by atoms with E-state index in [1.54, 1.807) is 12.4 Å². The molecule has 0 spiro atoms. The second-order valence-corrected chi connectivity index (χ2v) is 18.8. The lowest BCUT2D eigenvalue weighted by atomic mass is 9.92. The van der Waals surface area contributed by atoms with Crippen molar-refractivity contribution in [2.24, 2.45) is 5.92 Å². The van der Waals surface area contributed by atoms with E-state index in [4.69, 9.17) is 9.16 Å². The van der Waals surface area contributed by atoms with E-state index in [2.05, 4.69) is 66.3 Å². The Labute approximate surface area is 280 Å². The molecule has 2 fully saturated rings. The third kappa shape index (κ3) is 7.87. The van der Waals surface area contributed by atoms with Gasteiger partial charge < -0.3 is 34.7 Å². The summed E-state index contributed by atoms with van der Waals surface area (Å²) in [5.41, 5.74) is 1.22. The van der Waals surface area contributed by atoms with E-state index in [0.717, 1.165) is 11.8 Å². The van der Waals surface area contributed by atoms with Crippen LogP contribution in [-0.2, 0) is 15.7 Å². The van der Waals surface area contributed by atoms with Gasteiger partial charge in [0, 0.05) is 44.0 Å². The minimum atomic E-state index is -2.20. The van der Waals surface area contributed by atoms with Gasteiger partial charge in [-0.3, -0.25) is 4.98 Å². The predicted octanol–water partition coefficient (Wildman–Crippen LogP) is 6.49. The third-order valence-electron chi connectivity index (χ3n) is 9.57. The molecule has 14 heteroatoms. The maximum atomic E-state index is 15.3. The Kier molecular flexibility index (Phi) is 10.6. The smallest absolute Gasteiger partial charge is 0.405 e. The van der Waals surface area contributed by atoms with Crippen LogP contribution in [0.4, 0.5) is 35.0 Å². The van der Waals surface area contributed by atoms with Gasteiger partial charge in [-0.25, -0.2) is 22.9 Å². The minimum Gasteiger partial charge on any atom is -0.465 e. The number of rotatable bonds is 9. The molecule has 2 saturated heterocycles. The molecule has 1 amide bonds. The molecule has 3 atom stereocenters. The summed E-state index contributed by atoms with van der Waals surface area (Å²) in [6.07, 6.45) is 1.88. The van der Waals surface area contributed by atoms with Crippen LogP contribution in [0.3, 0.4) is 0 Å². The van der Waals surface area contributed by atoms with Gasteiger partial charge in [0.15, 0.2) is 8.32 Å². The summed E-state index contributed by atoms with van der Waals surface area (Å²) in [5, 5.41) is 15.6. The number of hydrogen-bond acceptors (Lipinski definition) is 8. The summed E-state index contributed by atoms with van der Waals surface area (Å²) in [4.78, 5) is 24.3. The van der Waals surface area contributed by atoms with E-state index in [-0.39, 0.29) is 23.6 Å². The highest BCUT2D eigenvalue weighted by molar-refractivity contribution is 6.74. The molecule has 48 heavy (non-hydrogen) atoms. The molecule has 4 heterocycles. The van der Waals surface area contributed by atoms with Gasteiger partial charge >= 0.3 is 6.09 Å². The number of nitrogens with one attached hydrogen (secondary N) is 2. The fourth-order valence-corrected chi connectivity index (χ4v) is 7.42. The number of nitrogens with zero attached hydrogens (tertiary/aromatic N) is 4. The summed E-state index contributed by atoms with van der Waals surface area (Å²) in [7, 11) is -2.20. The zero-order valence-electron chi connectivity index (χ0n) is 28.3. The fourth-order valence-electron chi connectivity index (χ4n) is 5.99. The highest BCUT2D eigenvalue weighted by Gasteiger charge is 2.45. The number of pyridine rings is 2. The number of morpholine rings is 1. The van der Waals surface area contributed by atoms with Crippen LogP contribution >= 0.6 is 0 Å². The largest absolute Gasteiger partial charge is 0.465 e. The van der Waals surface area contributed by atoms with Crippen molar-refractivity contribution in [1.82, 2.24) is 15.3 Å². The van der Waals surface area contributed by atoms with Gasteiger partial charge in [0.1, 0.15) is 23.1 Å². The fraction of sp³-hybridized carbons (Fsp3) is 0.500. The Morgan fingerprint density at radius 2 is 1.75 bits per heavy atom. The number of ether oxygens (including phenoxy) is 1. The molecule has 3 aromatic rings. The number of hydrogen-bond donors (Lipinski definition) is 3. The third-order valence-corrected chi connectivity index (χ3v) is 14.0. The van der Waals surface area contributed by atoms with Gasteiger partial charge in [-0.1, -0.05) is 27.7 Å². The second kappa shape index (κ2) is 14.3. The molecule has 3 N–H and O–H groups in total. The van der Waals surface area contributed by atoms with E-state index < -0.39 is 49.2 Å². The van der Waals surface area contributed by atoms with Crippen LogP contribution in [0.15, 0.2) is 42.7 Å². The minimum absolute atomic E-state index is 0.00788. The number of halogens is 3. The number of carboxylic acid groups (broad SMARTS) is 1. The molecule has 5 rings (SSSR count). The van der Waals surface area contributed by atoms with E-state index in [1.807, 2.05) is 11.0 Å². The highest BCUT2D eigenvalue weighted by atomic mass is 28.4. The zero-order chi connectivity index (χ0) is 34.8. The van der Waals surface area contributed by atoms with Crippen LogP contribution in [0.25, 0.3) is 11.3 Å². The molecule has 0 aliphatic carbocycles. The number of aromatic nitrogens is 2. The number of carbonyl (C=O) groups is 1. The Balaban J connectivity index is 1.35. The lowest BCUT2D eigenvalue weighted by Gasteiger charge is -2.48. The molecular formula is C34H45F3N6O4Si. The first-order valence-corrected chi connectivity index (χ1v) is 19.1. The van der Waals surface area contributed by atoms with Gasteiger partial charge in [0.2, 0.25) is 0 Å². The standard InChI is InChI=1S/C34H45F3N6O4Si/c1-21-19-43(20-28(41-33(44)45)32(21)47-48(5,6)34(2,3)4)29-9-10-38-18-27(29)39-17-22-7-8-24(35)31(40-22)30-25(36)15-23(16-26(30)37)42-11-13-46-14-12-42/h7-10,15-16,18,21,28,32,39,41H,11-14,17,19-20H2,1-6H3,(H,44,45)/t21-,28+,32+/m0/s1. The van der Waals surface area contributed by atoms with Crippen LogP contribution in [-0.4, -0.2) is 81.0 Å². The van der Waals surface area contributed by atoms with Crippen molar-refractivity contribution in [3.8, 4) is 11.3 Å². The monoisotopic (exact) mass is 686 g/mol. The first-order chi connectivity index (χ1) is 22.6. The van der Waals surface area contributed by atoms with Crippen LogP contribution in [0, 0.1) is 23.4 Å². The number of benzene rings is 1. The highest BCUT2D eigenvalue weighted by Crippen LogP contribution is 2.40. The predicted molar refractivity (Wildman–Crippen MR) is 183 cm³/mol. The van der Waals surface area contributed by atoms with Crippen LogP contribution in [0.2, 0.25) is 18.1 Å². The number of amides is 1. The average molecular weight is 687 g/mol. The topological polar surface area (TPSA) is 112 Å². The summed E-state index contributed by atoms with van der Waals surface area (Å²) in [6.45, 7) is 15.8. The average Bonchev–Trinajstić information content (AvgIpc) is 3.02. The molecule has 0 saturated carbocycles. The van der Waals surface area contributed by atoms with Crippen molar-refractivity contribution in [2.45, 2.75) is 64.5 Å². The van der Waals surface area contributed by atoms with Crippen molar-refractivity contribution in [3.05, 3.63) is 65.9 Å². The molecule has 10 nitrogen and oxygen atoms in total. The van der Waals surface area contributed by atoms with Crippen LogP contribution in [0.5, 0.6) is 0 Å². The number of anilines is 3. The quantitative estimate of drug-likeness (QED) is 0.218. The van der Waals surface area contributed by atoms with Crippen molar-refractivity contribution in [3.63, 3.8) is 0 Å². The molecule has 1 aromatic carbocycles. The molecule has 0 radical (unpaired) electrons. The van der Waals surface area contributed by atoms with Gasteiger partial charge in [-0.15, -0.1) is 0 Å². The van der Waals surface area contributed by atoms with Crippen molar-refractivity contribution in [1.29, 1.82) is 0 Å². The molecule has 2 aliphatic heterocycles. The van der Waals surface area contributed by atoms with Gasteiger partial charge in [-0.2, -0.15) is 0 Å². The Hall–Kier alpha value is -3.88. The zero-order valence-corrected chi connectivity index (χ0v) is 29.3. The second-order valence-electron chi connectivity index (χ2n) is 14.0. The lowest BCUT2D eigenvalue weighted by molar-refractivity contribution is 0.0722. The van der Waals surface area contributed by atoms with E-state index in [0.29, 0.717) is 56.5 Å². The summed E-state index contributed by atoms with van der Waals surface area (Å²) < 4.78 is 57.7. The normalized spacial score (nSPS) is 20.5. The SMILES string of the molecule is C[C@H]1CN(c2ccncc2NCc2ccc(F)c(-c3c(F)cc(N4CCOCC4)cc3F)n2)C[C@@H](NC(=O)O)[C@@H]1O[Si](C)(C)C(C)(C)C. The first kappa shape index (κ1) is 35.4. The summed E-state index contributed by atoms with van der Waals surface area (Å²) >= 11 is 0. The van der Waals surface area contributed by atoms with E-state index >= 15 is 8.78 Å². The first-order valence-electron chi connectivity index (χ1n) is 16.2. The maximum Gasteiger partial charge on any atom is 0.405 e. The molecular weight excluding hydrogens is 641 g/mol. The number of piperidine rings is 1. The van der Waals surface area contributed by atoms with Crippen molar-refractivity contribution in [2.75, 3.05) is 54.5 Å².